The first-order valence-electron chi connectivity index (χ1n) is 5.46. The number of carbonyl (C=O) groups excluding carboxylic acids is 2. The van der Waals surface area contributed by atoms with Crippen LogP contribution in [0.1, 0.15) is 27.8 Å². The van der Waals surface area contributed by atoms with Gasteiger partial charge in [0.1, 0.15) is 5.69 Å². The van der Waals surface area contributed by atoms with Crippen LogP contribution < -0.4 is 5.32 Å². The molecule has 0 aliphatic rings. The van der Waals surface area contributed by atoms with Crippen LogP contribution in [0.3, 0.4) is 0 Å². The van der Waals surface area contributed by atoms with Crippen molar-refractivity contribution in [3.8, 4) is 0 Å². The van der Waals surface area contributed by atoms with E-state index in [1.165, 1.54) is 13.1 Å². The van der Waals surface area contributed by atoms with Gasteiger partial charge in [-0.1, -0.05) is 12.1 Å². The minimum atomic E-state index is -0.254. The first-order chi connectivity index (χ1) is 8.58. The monoisotopic (exact) mass is 243 g/mol. The normalized spacial score (nSPS) is 10.1. The fourth-order valence-corrected chi connectivity index (χ4v) is 1.59. The summed E-state index contributed by atoms with van der Waals surface area (Å²) in [5.74, 6) is -0.290. The summed E-state index contributed by atoms with van der Waals surface area (Å²) in [5, 5.41) is 2.73. The lowest BCUT2D eigenvalue weighted by Gasteiger charge is -2.06. The number of carbonyl (C=O) groups is 2. The summed E-state index contributed by atoms with van der Waals surface area (Å²) in [6.45, 7) is 1.49. The minimum Gasteiger partial charge on any atom is -0.330 e. The summed E-state index contributed by atoms with van der Waals surface area (Å²) >= 11 is 0. The van der Waals surface area contributed by atoms with E-state index in [4.69, 9.17) is 0 Å². The van der Waals surface area contributed by atoms with Crippen LogP contribution in [0.2, 0.25) is 0 Å². The Morgan fingerprint density at radius 1 is 1.33 bits per heavy atom. The summed E-state index contributed by atoms with van der Waals surface area (Å²) < 4.78 is 1.63. The number of hydrogen-bond acceptors (Lipinski definition) is 3. The number of anilines is 1. The highest BCUT2D eigenvalue weighted by Crippen LogP contribution is 2.12. The molecule has 5 nitrogen and oxygen atoms in total. The predicted molar refractivity (Wildman–Crippen MR) is 67.6 cm³/mol. The SMILES string of the molecule is CC(=O)c1cccc(NC(=O)c2cncn2C)c1. The van der Waals surface area contributed by atoms with Crippen molar-refractivity contribution in [1.82, 2.24) is 9.55 Å². The second kappa shape index (κ2) is 4.83. The van der Waals surface area contributed by atoms with Crippen molar-refractivity contribution in [2.24, 2.45) is 7.05 Å². The van der Waals surface area contributed by atoms with Crippen LogP contribution in [-0.2, 0) is 7.05 Å². The van der Waals surface area contributed by atoms with Crippen LogP contribution >= 0.6 is 0 Å². The second-order valence-electron chi connectivity index (χ2n) is 3.98. The van der Waals surface area contributed by atoms with E-state index >= 15 is 0 Å². The molecule has 1 aromatic carbocycles. The van der Waals surface area contributed by atoms with Crippen LogP contribution in [0.5, 0.6) is 0 Å². The number of imidazole rings is 1. The van der Waals surface area contributed by atoms with E-state index in [9.17, 15) is 9.59 Å². The molecule has 1 aromatic heterocycles. The average Bonchev–Trinajstić information content (AvgIpc) is 2.76. The first-order valence-corrected chi connectivity index (χ1v) is 5.46. The Kier molecular flexibility index (Phi) is 3.23. The molecule has 2 rings (SSSR count). The molecule has 0 fully saturated rings. The van der Waals surface area contributed by atoms with Crippen molar-refractivity contribution >= 4 is 17.4 Å². The molecular weight excluding hydrogens is 230 g/mol. The maximum atomic E-state index is 11.9. The van der Waals surface area contributed by atoms with Crippen molar-refractivity contribution in [2.45, 2.75) is 6.92 Å². The molecule has 0 saturated carbocycles. The fourth-order valence-electron chi connectivity index (χ4n) is 1.59. The van der Waals surface area contributed by atoms with Crippen molar-refractivity contribution in [3.05, 3.63) is 48.0 Å². The number of hydrogen-bond donors (Lipinski definition) is 1. The number of nitrogens with one attached hydrogen (secondary N) is 1. The summed E-state index contributed by atoms with van der Waals surface area (Å²) in [6, 6.07) is 6.83. The van der Waals surface area contributed by atoms with Gasteiger partial charge in [0.2, 0.25) is 0 Å². The molecule has 0 saturated heterocycles. The molecule has 1 N–H and O–H groups in total. The number of rotatable bonds is 3. The second-order valence-corrected chi connectivity index (χ2v) is 3.98. The molecule has 1 amide bonds. The van der Waals surface area contributed by atoms with Gasteiger partial charge in [-0.2, -0.15) is 0 Å². The van der Waals surface area contributed by atoms with E-state index in [1.54, 1.807) is 42.2 Å². The molecular formula is C13H13N3O2. The Labute approximate surface area is 104 Å². The highest BCUT2D eigenvalue weighted by molar-refractivity contribution is 6.04. The first kappa shape index (κ1) is 12.0. The van der Waals surface area contributed by atoms with Crippen LogP contribution in [-0.4, -0.2) is 21.2 Å². The molecule has 0 spiro atoms. The van der Waals surface area contributed by atoms with E-state index in [-0.39, 0.29) is 11.7 Å². The Bertz CT molecular complexity index is 602. The summed E-state index contributed by atoms with van der Waals surface area (Å²) in [7, 11) is 1.74. The molecule has 0 atom stereocenters. The van der Waals surface area contributed by atoms with Gasteiger partial charge < -0.3 is 9.88 Å². The molecule has 0 unspecified atom stereocenters. The molecule has 18 heavy (non-hydrogen) atoms. The zero-order valence-corrected chi connectivity index (χ0v) is 10.2. The standard InChI is InChI=1S/C13H13N3O2/c1-9(17)10-4-3-5-11(6-10)15-13(18)12-7-14-8-16(12)2/h3-8H,1-2H3,(H,15,18). The van der Waals surface area contributed by atoms with Crippen molar-refractivity contribution in [1.29, 1.82) is 0 Å². The quantitative estimate of drug-likeness (QED) is 0.837. The van der Waals surface area contributed by atoms with Crippen LogP contribution in [0.25, 0.3) is 0 Å². The maximum Gasteiger partial charge on any atom is 0.273 e. The summed E-state index contributed by atoms with van der Waals surface area (Å²) in [5.41, 5.74) is 1.62. The highest BCUT2D eigenvalue weighted by atomic mass is 16.2. The lowest BCUT2D eigenvalue weighted by atomic mass is 10.1. The van der Waals surface area contributed by atoms with Crippen LogP contribution in [0.4, 0.5) is 5.69 Å². The van der Waals surface area contributed by atoms with E-state index in [0.29, 0.717) is 16.9 Å². The third-order valence-corrected chi connectivity index (χ3v) is 2.58. The van der Waals surface area contributed by atoms with Gasteiger partial charge in [0.05, 0.1) is 12.5 Å². The highest BCUT2D eigenvalue weighted by Gasteiger charge is 2.10. The van der Waals surface area contributed by atoms with E-state index in [2.05, 4.69) is 10.3 Å². The number of amides is 1. The number of aromatic nitrogens is 2. The van der Waals surface area contributed by atoms with Gasteiger partial charge >= 0.3 is 0 Å². The summed E-state index contributed by atoms with van der Waals surface area (Å²) in [6.07, 6.45) is 3.05. The van der Waals surface area contributed by atoms with Gasteiger partial charge in [-0.3, -0.25) is 9.59 Å². The number of aryl methyl sites for hydroxylation is 1. The molecule has 1 heterocycles. The van der Waals surface area contributed by atoms with Crippen molar-refractivity contribution in [3.63, 3.8) is 0 Å². The maximum absolute atomic E-state index is 11.9. The molecule has 0 aliphatic carbocycles. The van der Waals surface area contributed by atoms with Gasteiger partial charge in [-0.25, -0.2) is 4.98 Å². The van der Waals surface area contributed by atoms with E-state index in [1.807, 2.05) is 0 Å². The van der Waals surface area contributed by atoms with Gasteiger partial charge in [0.15, 0.2) is 5.78 Å². The van der Waals surface area contributed by atoms with Gasteiger partial charge in [0, 0.05) is 18.3 Å². The van der Waals surface area contributed by atoms with Gasteiger partial charge in [0.25, 0.3) is 5.91 Å². The zero-order valence-electron chi connectivity index (χ0n) is 10.2. The summed E-state index contributed by atoms with van der Waals surface area (Å²) in [4.78, 5) is 27.0. The van der Waals surface area contributed by atoms with Gasteiger partial charge in [-0.05, 0) is 19.1 Å². The van der Waals surface area contributed by atoms with E-state index < -0.39 is 0 Å². The largest absolute Gasteiger partial charge is 0.330 e. The number of ketones is 1. The number of benzene rings is 1. The lowest BCUT2D eigenvalue weighted by molar-refractivity contribution is 0.100. The fraction of sp³-hybridized carbons (Fsp3) is 0.154. The topological polar surface area (TPSA) is 64.0 Å². The van der Waals surface area contributed by atoms with Crippen LogP contribution in [0, 0.1) is 0 Å². The number of nitrogens with zero attached hydrogens (tertiary/aromatic N) is 2. The molecule has 0 bridgehead atoms. The predicted octanol–water partition coefficient (Wildman–Crippen LogP) is 1.87. The zero-order chi connectivity index (χ0) is 13.1. The number of Topliss-reactive ketones (excluding diaryl/α,β-unsaturated/α-hetero) is 1. The smallest absolute Gasteiger partial charge is 0.273 e. The molecule has 5 heteroatoms. The average molecular weight is 243 g/mol. The van der Waals surface area contributed by atoms with Crippen LogP contribution in [0.15, 0.2) is 36.8 Å². The minimum absolute atomic E-state index is 0.0355. The molecule has 92 valence electrons. The Hall–Kier alpha value is -2.43. The Morgan fingerprint density at radius 2 is 2.11 bits per heavy atom. The lowest BCUT2D eigenvalue weighted by Crippen LogP contribution is -2.15. The molecule has 0 aliphatic heterocycles. The third kappa shape index (κ3) is 2.45. The van der Waals surface area contributed by atoms with Crippen molar-refractivity contribution in [2.75, 3.05) is 5.32 Å². The van der Waals surface area contributed by atoms with E-state index in [0.717, 1.165) is 0 Å². The van der Waals surface area contributed by atoms with Gasteiger partial charge in [-0.15, -0.1) is 0 Å². The molecule has 2 aromatic rings. The Morgan fingerprint density at radius 3 is 2.72 bits per heavy atom. The third-order valence-electron chi connectivity index (χ3n) is 2.58. The molecule has 0 radical (unpaired) electrons. The Balaban J connectivity index is 2.20. The van der Waals surface area contributed by atoms with Crippen molar-refractivity contribution < 1.29 is 9.59 Å².